The van der Waals surface area contributed by atoms with E-state index in [4.69, 9.17) is 0 Å². The molecular weight excluding hydrogens is 353 g/mol. The Kier molecular flexibility index (Phi) is 4.32. The van der Waals surface area contributed by atoms with Crippen molar-refractivity contribution in [1.82, 2.24) is 9.66 Å². The van der Waals surface area contributed by atoms with Crippen molar-refractivity contribution in [3.63, 3.8) is 0 Å². The molecule has 0 bridgehead atoms. The molecule has 0 saturated carbocycles. The number of nitrogens with one attached hydrogen (secondary N) is 1. The topological polar surface area (TPSA) is 64.0 Å². The van der Waals surface area contributed by atoms with Crippen LogP contribution in [-0.2, 0) is 19.3 Å². The van der Waals surface area contributed by atoms with Crippen LogP contribution in [0.5, 0.6) is 0 Å². The zero-order chi connectivity index (χ0) is 18.3. The molecule has 4 rings (SSSR count). The van der Waals surface area contributed by atoms with Crippen molar-refractivity contribution in [2.24, 2.45) is 0 Å². The summed E-state index contributed by atoms with van der Waals surface area (Å²) in [5, 5.41) is 0.626. The first-order chi connectivity index (χ1) is 12.6. The molecule has 0 aliphatic heterocycles. The number of aromatic nitrogens is 2. The SMILES string of the molecule is CCc1nc2sc3c(c2c(=O)n1NC(=O)c1ccc(F)cc1)CCCC3. The number of aryl methyl sites for hydroxylation is 3. The van der Waals surface area contributed by atoms with Gasteiger partial charge in [-0.3, -0.25) is 15.0 Å². The fourth-order valence-corrected chi connectivity index (χ4v) is 4.64. The number of thiophene rings is 1. The van der Waals surface area contributed by atoms with Gasteiger partial charge in [0.15, 0.2) is 0 Å². The Morgan fingerprint density at radius 2 is 2.00 bits per heavy atom. The van der Waals surface area contributed by atoms with Crippen molar-refractivity contribution >= 4 is 27.5 Å². The number of halogens is 1. The van der Waals surface area contributed by atoms with Crippen molar-refractivity contribution in [1.29, 1.82) is 0 Å². The van der Waals surface area contributed by atoms with Gasteiger partial charge in [0, 0.05) is 16.9 Å². The first kappa shape index (κ1) is 16.9. The maximum absolute atomic E-state index is 13.1. The van der Waals surface area contributed by atoms with Crippen molar-refractivity contribution in [2.45, 2.75) is 39.0 Å². The Morgan fingerprint density at radius 3 is 2.73 bits per heavy atom. The number of nitrogens with zero attached hydrogens (tertiary/aromatic N) is 2. The molecule has 0 radical (unpaired) electrons. The minimum atomic E-state index is -0.466. The predicted molar refractivity (Wildman–Crippen MR) is 100.0 cm³/mol. The van der Waals surface area contributed by atoms with Crippen LogP contribution >= 0.6 is 11.3 Å². The van der Waals surface area contributed by atoms with Crippen LogP contribution in [0.1, 0.15) is 46.4 Å². The van der Waals surface area contributed by atoms with Gasteiger partial charge in [0.05, 0.1) is 5.39 Å². The molecule has 0 saturated heterocycles. The molecule has 0 fully saturated rings. The summed E-state index contributed by atoms with van der Waals surface area (Å²) in [7, 11) is 0. The molecule has 1 N–H and O–H groups in total. The minimum absolute atomic E-state index is 0.235. The molecule has 1 aliphatic carbocycles. The van der Waals surface area contributed by atoms with E-state index in [-0.39, 0.29) is 11.1 Å². The zero-order valence-electron chi connectivity index (χ0n) is 14.3. The Morgan fingerprint density at radius 1 is 1.27 bits per heavy atom. The van der Waals surface area contributed by atoms with Crippen LogP contribution in [0.25, 0.3) is 10.2 Å². The molecule has 1 amide bonds. The van der Waals surface area contributed by atoms with Crippen molar-refractivity contribution in [3.8, 4) is 0 Å². The largest absolute Gasteiger partial charge is 0.281 e. The van der Waals surface area contributed by atoms with E-state index in [1.807, 2.05) is 6.92 Å². The second kappa shape index (κ2) is 6.64. The van der Waals surface area contributed by atoms with Gasteiger partial charge in [-0.25, -0.2) is 14.1 Å². The van der Waals surface area contributed by atoms with Crippen LogP contribution < -0.4 is 11.0 Å². The lowest BCUT2D eigenvalue weighted by Crippen LogP contribution is -2.36. The number of carbonyl (C=O) groups excluding carboxylic acids is 1. The molecule has 1 aromatic carbocycles. The van der Waals surface area contributed by atoms with Gasteiger partial charge in [0.2, 0.25) is 0 Å². The lowest BCUT2D eigenvalue weighted by Gasteiger charge is -2.14. The van der Waals surface area contributed by atoms with Crippen LogP contribution in [0.4, 0.5) is 4.39 Å². The van der Waals surface area contributed by atoms with Crippen LogP contribution in [-0.4, -0.2) is 15.6 Å². The standard InChI is InChI=1S/C19H18FN3O2S/c1-2-15-21-18-16(13-5-3-4-6-14(13)26-18)19(25)23(15)22-17(24)11-7-9-12(20)10-8-11/h7-10H,2-6H2,1H3,(H,22,24). The number of benzene rings is 1. The Balaban J connectivity index is 1.80. The number of carbonyl (C=O) groups is 1. The highest BCUT2D eigenvalue weighted by Gasteiger charge is 2.22. The average Bonchev–Trinajstić information content (AvgIpc) is 3.02. The summed E-state index contributed by atoms with van der Waals surface area (Å²) < 4.78 is 14.3. The average molecular weight is 371 g/mol. The van der Waals surface area contributed by atoms with E-state index in [1.165, 1.54) is 33.8 Å². The van der Waals surface area contributed by atoms with Crippen molar-refractivity contribution in [3.05, 3.63) is 62.3 Å². The third kappa shape index (κ3) is 2.82. The van der Waals surface area contributed by atoms with E-state index in [0.29, 0.717) is 17.6 Å². The molecule has 5 nitrogen and oxygen atoms in total. The number of hydrogen-bond donors (Lipinski definition) is 1. The van der Waals surface area contributed by atoms with Gasteiger partial charge in [0.25, 0.3) is 11.5 Å². The molecule has 0 spiro atoms. The molecule has 3 aromatic rings. The fraction of sp³-hybridized carbons (Fsp3) is 0.316. The number of hydrogen-bond acceptors (Lipinski definition) is 4. The van der Waals surface area contributed by atoms with Gasteiger partial charge >= 0.3 is 0 Å². The normalized spacial score (nSPS) is 13.6. The minimum Gasteiger partial charge on any atom is -0.267 e. The van der Waals surface area contributed by atoms with Crippen LogP contribution in [0, 0.1) is 5.82 Å². The molecule has 0 atom stereocenters. The third-order valence-corrected chi connectivity index (χ3v) is 5.88. The van der Waals surface area contributed by atoms with E-state index in [0.717, 1.165) is 36.1 Å². The van der Waals surface area contributed by atoms with E-state index in [1.54, 1.807) is 11.3 Å². The maximum Gasteiger partial charge on any atom is 0.281 e. The molecule has 1 aliphatic rings. The predicted octanol–water partition coefficient (Wildman–Crippen LogP) is 3.42. The molecule has 0 unspecified atom stereocenters. The van der Waals surface area contributed by atoms with E-state index in [2.05, 4.69) is 10.4 Å². The quantitative estimate of drug-likeness (QED) is 0.767. The second-order valence-corrected chi connectivity index (χ2v) is 7.44. The summed E-state index contributed by atoms with van der Waals surface area (Å²) in [6.07, 6.45) is 4.58. The van der Waals surface area contributed by atoms with Gasteiger partial charge in [-0.05, 0) is 55.5 Å². The Labute approximate surface area is 153 Å². The first-order valence-electron chi connectivity index (χ1n) is 8.71. The lowest BCUT2D eigenvalue weighted by molar-refractivity contribution is 0.101. The molecule has 134 valence electrons. The number of amides is 1. The smallest absolute Gasteiger partial charge is 0.267 e. The van der Waals surface area contributed by atoms with Crippen LogP contribution in [0.15, 0.2) is 29.1 Å². The monoisotopic (exact) mass is 371 g/mol. The van der Waals surface area contributed by atoms with Gasteiger partial charge < -0.3 is 0 Å². The van der Waals surface area contributed by atoms with E-state index >= 15 is 0 Å². The summed E-state index contributed by atoms with van der Waals surface area (Å²) in [5.74, 6) is -0.371. The number of rotatable bonds is 3. The summed E-state index contributed by atoms with van der Waals surface area (Å²) >= 11 is 1.59. The fourth-order valence-electron chi connectivity index (χ4n) is 3.37. The van der Waals surface area contributed by atoms with Crippen molar-refractivity contribution < 1.29 is 9.18 Å². The molecule has 7 heteroatoms. The maximum atomic E-state index is 13.1. The van der Waals surface area contributed by atoms with Gasteiger partial charge in [-0.15, -0.1) is 11.3 Å². The van der Waals surface area contributed by atoms with E-state index in [9.17, 15) is 14.0 Å². The molecule has 26 heavy (non-hydrogen) atoms. The van der Waals surface area contributed by atoms with Gasteiger partial charge in [-0.1, -0.05) is 6.92 Å². The highest BCUT2D eigenvalue weighted by Crippen LogP contribution is 2.33. The molecule has 2 aromatic heterocycles. The van der Waals surface area contributed by atoms with Crippen LogP contribution in [0.3, 0.4) is 0 Å². The third-order valence-electron chi connectivity index (χ3n) is 4.69. The highest BCUT2D eigenvalue weighted by atomic mass is 32.1. The zero-order valence-corrected chi connectivity index (χ0v) is 15.2. The Hall–Kier alpha value is -2.54. The van der Waals surface area contributed by atoms with E-state index < -0.39 is 11.7 Å². The molecule has 2 heterocycles. The summed E-state index contributed by atoms with van der Waals surface area (Å²) in [6.45, 7) is 1.89. The Bertz CT molecular complexity index is 1050. The second-order valence-electron chi connectivity index (χ2n) is 6.36. The summed E-state index contributed by atoms with van der Waals surface area (Å²) in [6, 6.07) is 5.21. The first-order valence-corrected chi connectivity index (χ1v) is 9.53. The van der Waals surface area contributed by atoms with Gasteiger partial charge in [-0.2, -0.15) is 0 Å². The van der Waals surface area contributed by atoms with Crippen LogP contribution in [0.2, 0.25) is 0 Å². The summed E-state index contributed by atoms with van der Waals surface area (Å²) in [5.41, 5.74) is 3.77. The highest BCUT2D eigenvalue weighted by molar-refractivity contribution is 7.18. The lowest BCUT2D eigenvalue weighted by atomic mass is 9.97. The van der Waals surface area contributed by atoms with Gasteiger partial charge in [0.1, 0.15) is 16.5 Å². The molecular formula is C19H18FN3O2S. The van der Waals surface area contributed by atoms with Crippen molar-refractivity contribution in [2.75, 3.05) is 5.43 Å². The summed E-state index contributed by atoms with van der Waals surface area (Å²) in [4.78, 5) is 32.2. The number of fused-ring (bicyclic) bond motifs is 3.